The number of alkyl halides is 3. The molecule has 18 heteroatoms. The summed E-state index contributed by atoms with van der Waals surface area (Å²) in [5.41, 5.74) is 10.5. The number of aromatic nitrogens is 1. The highest BCUT2D eigenvalue weighted by Crippen LogP contribution is 2.40. The number of carbonyl (C=O) groups is 1. The van der Waals surface area contributed by atoms with Gasteiger partial charge < -0.3 is 21.2 Å². The van der Waals surface area contributed by atoms with Crippen LogP contribution in [0.4, 0.5) is 18.9 Å². The number of nitrogens with zero attached hydrogens (tertiary/aromatic N) is 1. The molecule has 8 N–H and O–H groups in total. The number of amides is 1. The van der Waals surface area contributed by atoms with Gasteiger partial charge in [-0.1, -0.05) is 12.1 Å². The monoisotopic (exact) mass is 583 g/mol. The molecule has 1 aromatic heterocycles. The van der Waals surface area contributed by atoms with Crippen LogP contribution in [0.2, 0.25) is 0 Å². The van der Waals surface area contributed by atoms with E-state index in [-0.39, 0.29) is 34.1 Å². The number of nitrogen functional groups attached to an aromatic ring is 1. The zero-order valence-corrected chi connectivity index (χ0v) is 21.6. The van der Waals surface area contributed by atoms with E-state index in [2.05, 4.69) is 15.3 Å². The maximum absolute atomic E-state index is 13.4. The number of nitrogens with one attached hydrogen (secondary N) is 2. The van der Waals surface area contributed by atoms with Crippen LogP contribution in [-0.2, 0) is 26.4 Å². The number of para-hydroxylation sites is 2. The highest BCUT2D eigenvalue weighted by molar-refractivity contribution is 7.85. The van der Waals surface area contributed by atoms with Crippen molar-refractivity contribution in [2.24, 2.45) is 10.7 Å². The Labute approximate surface area is 215 Å². The largest absolute Gasteiger partial charge is 0.453 e. The molecule has 1 heterocycles. The number of benzene rings is 2. The molecule has 0 bridgehead atoms. The van der Waals surface area contributed by atoms with Crippen LogP contribution < -0.4 is 21.5 Å². The van der Waals surface area contributed by atoms with E-state index in [0.717, 1.165) is 18.2 Å². The van der Waals surface area contributed by atoms with Crippen molar-refractivity contribution in [1.82, 2.24) is 10.3 Å². The number of anilines is 1. The molecule has 0 radical (unpaired) electrons. The van der Waals surface area contributed by atoms with Crippen LogP contribution in [0, 0.1) is 0 Å². The molecule has 38 heavy (non-hydrogen) atoms. The first-order valence-corrected chi connectivity index (χ1v) is 13.5. The summed E-state index contributed by atoms with van der Waals surface area (Å²) in [4.78, 5) is 18.5. The number of aromatic amines is 1. The van der Waals surface area contributed by atoms with Crippen molar-refractivity contribution in [3.8, 4) is 11.5 Å². The number of rotatable bonds is 3. The van der Waals surface area contributed by atoms with Crippen molar-refractivity contribution in [3.05, 3.63) is 53.7 Å². The molecular formula is C20H24F3N5O8S2. The minimum Gasteiger partial charge on any atom is -0.453 e. The van der Waals surface area contributed by atoms with Gasteiger partial charge in [0.1, 0.15) is 11.4 Å². The molecular weight excluding hydrogens is 559 g/mol. The second-order valence-corrected chi connectivity index (χ2v) is 10.2. The van der Waals surface area contributed by atoms with E-state index < -0.39 is 37.9 Å². The quantitative estimate of drug-likeness (QED) is 0.114. The molecule has 0 aliphatic rings. The first-order chi connectivity index (χ1) is 17.2. The molecule has 0 unspecified atom stereocenters. The van der Waals surface area contributed by atoms with Crippen molar-refractivity contribution < 1.29 is 48.6 Å². The summed E-state index contributed by atoms with van der Waals surface area (Å²) in [6.07, 6.45) is -3.19. The van der Waals surface area contributed by atoms with E-state index in [9.17, 15) is 34.8 Å². The Morgan fingerprint density at radius 1 is 1.03 bits per heavy atom. The number of carbonyl (C=O) groups excluding carboxylic acids is 1. The smallest absolute Gasteiger partial charge is 0.417 e. The highest BCUT2D eigenvalue weighted by atomic mass is 32.2. The van der Waals surface area contributed by atoms with Gasteiger partial charge in [-0.2, -0.15) is 30.0 Å². The lowest BCUT2D eigenvalue weighted by molar-refractivity contribution is -0.136. The van der Waals surface area contributed by atoms with E-state index in [1.807, 2.05) is 0 Å². The molecule has 0 saturated carbocycles. The molecule has 2 aromatic carbocycles. The van der Waals surface area contributed by atoms with Gasteiger partial charge in [0, 0.05) is 12.4 Å². The van der Waals surface area contributed by atoms with Crippen LogP contribution in [0.15, 0.2) is 47.5 Å². The Balaban J connectivity index is 0.000000616. The van der Waals surface area contributed by atoms with Gasteiger partial charge in [-0.15, -0.1) is 0 Å². The van der Waals surface area contributed by atoms with Gasteiger partial charge in [-0.3, -0.25) is 24.2 Å². The van der Waals surface area contributed by atoms with Crippen LogP contribution in [0.1, 0.15) is 16.1 Å². The zero-order valence-electron chi connectivity index (χ0n) is 19.9. The minimum absolute atomic E-state index is 0.00441. The summed E-state index contributed by atoms with van der Waals surface area (Å²) < 4.78 is 97.6. The third kappa shape index (κ3) is 11.5. The van der Waals surface area contributed by atoms with Crippen LogP contribution in [0.5, 0.6) is 11.5 Å². The number of hydrogen-bond acceptors (Lipinski definition) is 8. The molecule has 3 rings (SSSR count). The van der Waals surface area contributed by atoms with Gasteiger partial charge in [0.25, 0.3) is 26.1 Å². The Bertz CT molecular complexity index is 1490. The van der Waals surface area contributed by atoms with Gasteiger partial charge >= 0.3 is 6.18 Å². The minimum atomic E-state index is -4.62. The summed E-state index contributed by atoms with van der Waals surface area (Å²) in [5, 5.41) is 2.03. The van der Waals surface area contributed by atoms with Crippen LogP contribution in [0.3, 0.4) is 0 Å². The number of hydrogen-bond donors (Lipinski definition) is 6. The van der Waals surface area contributed by atoms with Crippen LogP contribution >= 0.6 is 0 Å². The second kappa shape index (κ2) is 12.6. The fraction of sp³-hybridized carbons (Fsp3) is 0.200. The third-order valence-electron chi connectivity index (χ3n) is 3.93. The average molecular weight is 584 g/mol. The van der Waals surface area contributed by atoms with Crippen molar-refractivity contribution in [2.45, 2.75) is 6.18 Å². The van der Waals surface area contributed by atoms with Gasteiger partial charge in [0.2, 0.25) is 0 Å². The molecule has 0 aliphatic heterocycles. The highest BCUT2D eigenvalue weighted by Gasteiger charge is 2.34. The lowest BCUT2D eigenvalue weighted by Crippen LogP contribution is -2.36. The standard InChI is InChI=1S/C18H16F3N5O2.2CH4O3S/c1-24-17(23)26-16(27)12-8-9-10(18(19,20)21)6-7-14(15(9)25-12)28-13-5-3-2-4-11(13)22;2*1-5(2,3)4/h2-8,25H,22H2,1H3,(H3,23,24,26,27);2*1H3,(H,2,3,4). The lowest BCUT2D eigenvalue weighted by atomic mass is 10.1. The molecule has 0 atom stereocenters. The van der Waals surface area contributed by atoms with E-state index in [0.29, 0.717) is 18.2 Å². The topological polar surface area (TPSA) is 227 Å². The predicted molar refractivity (Wildman–Crippen MR) is 134 cm³/mol. The molecule has 0 aliphatic carbocycles. The van der Waals surface area contributed by atoms with Crippen molar-refractivity contribution in [1.29, 1.82) is 0 Å². The fourth-order valence-corrected chi connectivity index (χ4v) is 2.58. The first-order valence-electron chi connectivity index (χ1n) is 9.84. The average Bonchev–Trinajstić information content (AvgIpc) is 3.18. The van der Waals surface area contributed by atoms with Crippen molar-refractivity contribution in [3.63, 3.8) is 0 Å². The zero-order chi connectivity index (χ0) is 29.5. The van der Waals surface area contributed by atoms with Crippen LogP contribution in [0.25, 0.3) is 10.9 Å². The Morgan fingerprint density at radius 2 is 1.55 bits per heavy atom. The number of nitrogens with two attached hydrogens (primary N) is 2. The van der Waals surface area contributed by atoms with E-state index in [4.69, 9.17) is 25.3 Å². The summed E-state index contributed by atoms with van der Waals surface area (Å²) in [7, 11) is -5.97. The Kier molecular flexibility index (Phi) is 10.7. The summed E-state index contributed by atoms with van der Waals surface area (Å²) in [6.45, 7) is 0. The number of H-pyrrole nitrogens is 1. The maximum atomic E-state index is 13.4. The number of ether oxygens (including phenoxy) is 1. The summed E-state index contributed by atoms with van der Waals surface area (Å²) >= 11 is 0. The predicted octanol–water partition coefficient (Wildman–Crippen LogP) is 2.24. The second-order valence-electron chi connectivity index (χ2n) is 7.25. The van der Waals surface area contributed by atoms with Gasteiger partial charge in [0.05, 0.1) is 29.3 Å². The molecule has 13 nitrogen and oxygen atoms in total. The molecule has 1 amide bonds. The third-order valence-corrected chi connectivity index (χ3v) is 3.93. The van der Waals surface area contributed by atoms with Crippen molar-refractivity contribution >= 4 is 48.7 Å². The van der Waals surface area contributed by atoms with Gasteiger partial charge in [0.15, 0.2) is 11.7 Å². The van der Waals surface area contributed by atoms with Crippen LogP contribution in [-0.4, -0.2) is 62.4 Å². The number of halogens is 3. The number of guanidine groups is 1. The maximum Gasteiger partial charge on any atom is 0.417 e. The molecule has 210 valence electrons. The number of aliphatic imine (C=N–C) groups is 1. The van der Waals surface area contributed by atoms with Crippen molar-refractivity contribution in [2.75, 3.05) is 25.3 Å². The summed E-state index contributed by atoms with van der Waals surface area (Å²) in [6, 6.07) is 9.67. The molecule has 0 fully saturated rings. The SMILES string of the molecule is CN=C(N)NC(=O)c1cc2c(C(F)(F)F)ccc(Oc3ccccc3N)c2[nH]1.CS(=O)(=O)O.CS(=O)(=O)O. The molecule has 0 spiro atoms. The molecule has 0 saturated heterocycles. The Morgan fingerprint density at radius 3 is 2.03 bits per heavy atom. The van der Waals surface area contributed by atoms with E-state index in [1.54, 1.807) is 24.3 Å². The van der Waals surface area contributed by atoms with E-state index in [1.165, 1.54) is 7.05 Å². The Hall–Kier alpha value is -3.87. The van der Waals surface area contributed by atoms with E-state index >= 15 is 0 Å². The normalized spacial score (nSPS) is 12.1. The van der Waals surface area contributed by atoms with Gasteiger partial charge in [-0.05, 0) is 30.3 Å². The molecule has 3 aromatic rings. The fourth-order valence-electron chi connectivity index (χ4n) is 2.58. The van der Waals surface area contributed by atoms with Gasteiger partial charge in [-0.25, -0.2) is 0 Å². The first kappa shape index (κ1) is 32.2. The number of fused-ring (bicyclic) bond motifs is 1. The summed E-state index contributed by atoms with van der Waals surface area (Å²) in [5.74, 6) is -0.561. The lowest BCUT2D eigenvalue weighted by Gasteiger charge is -2.12.